The normalized spacial score (nSPS) is 11.6. The average molecular weight is 527 g/mol. The summed E-state index contributed by atoms with van der Waals surface area (Å²) in [4.78, 5) is 36.4. The Bertz CT molecular complexity index is 1270. The molecule has 10 nitrogen and oxygen atoms in total. The highest BCUT2D eigenvalue weighted by atomic mass is 19.1. The maximum Gasteiger partial charge on any atom is 0.322 e. The second-order valence-corrected chi connectivity index (χ2v) is 9.02. The van der Waals surface area contributed by atoms with E-state index < -0.39 is 36.2 Å². The molecule has 0 bridgehead atoms. The van der Waals surface area contributed by atoms with Crippen molar-refractivity contribution in [2.75, 3.05) is 20.8 Å². The standard InChI is InChI=1S/C27H31FN4O6/c1-16(2)12-18(13-24(33)29-15-25(34)35)30-27(36)20-14-21(26-22(37-3)6-5-7-23(26)38-4)32(31-20)19-10-8-17(28)9-11-19/h5-11,14,16,18H,12-13,15H2,1-4H3,(H,29,33)(H,30,36)(H,34,35). The first-order valence-electron chi connectivity index (χ1n) is 12.0. The molecule has 3 N–H and O–H groups in total. The van der Waals surface area contributed by atoms with Gasteiger partial charge in [-0.2, -0.15) is 5.10 Å². The number of hydrogen-bond donors (Lipinski definition) is 3. The van der Waals surface area contributed by atoms with Crippen molar-refractivity contribution in [3.63, 3.8) is 0 Å². The number of carbonyl (C=O) groups is 3. The van der Waals surface area contributed by atoms with Crippen molar-refractivity contribution in [1.82, 2.24) is 20.4 Å². The molecular weight excluding hydrogens is 495 g/mol. The summed E-state index contributed by atoms with van der Waals surface area (Å²) in [6.45, 7) is 3.39. The highest BCUT2D eigenvalue weighted by Gasteiger charge is 2.25. The smallest absolute Gasteiger partial charge is 0.322 e. The fraction of sp³-hybridized carbons (Fsp3) is 0.333. The molecule has 1 atom stereocenters. The highest BCUT2D eigenvalue weighted by molar-refractivity contribution is 5.95. The van der Waals surface area contributed by atoms with Crippen LogP contribution in [0, 0.1) is 11.7 Å². The lowest BCUT2D eigenvalue weighted by molar-refractivity contribution is -0.138. The monoisotopic (exact) mass is 526 g/mol. The molecule has 38 heavy (non-hydrogen) atoms. The second kappa shape index (κ2) is 12.7. The van der Waals surface area contributed by atoms with Gasteiger partial charge in [-0.25, -0.2) is 9.07 Å². The van der Waals surface area contributed by atoms with Gasteiger partial charge in [-0.3, -0.25) is 14.4 Å². The van der Waals surface area contributed by atoms with Crippen LogP contribution in [0.3, 0.4) is 0 Å². The molecule has 0 radical (unpaired) electrons. The zero-order valence-electron chi connectivity index (χ0n) is 21.7. The molecule has 2 aromatic carbocycles. The average Bonchev–Trinajstić information content (AvgIpc) is 3.32. The molecule has 2 amide bonds. The number of amides is 2. The highest BCUT2D eigenvalue weighted by Crippen LogP contribution is 2.39. The maximum atomic E-state index is 13.6. The Kier molecular flexibility index (Phi) is 9.42. The number of nitrogens with zero attached hydrogens (tertiary/aromatic N) is 2. The van der Waals surface area contributed by atoms with Crippen molar-refractivity contribution < 1.29 is 33.4 Å². The van der Waals surface area contributed by atoms with E-state index in [1.54, 1.807) is 24.3 Å². The molecule has 202 valence electrons. The van der Waals surface area contributed by atoms with E-state index in [-0.39, 0.29) is 18.0 Å². The first-order chi connectivity index (χ1) is 18.1. The van der Waals surface area contributed by atoms with Crippen molar-refractivity contribution in [3.8, 4) is 28.4 Å². The number of nitrogens with one attached hydrogen (secondary N) is 2. The SMILES string of the molecule is COc1cccc(OC)c1-c1cc(C(=O)NC(CC(=O)NCC(=O)O)CC(C)C)nn1-c1ccc(F)cc1. The van der Waals surface area contributed by atoms with E-state index in [1.165, 1.54) is 43.2 Å². The number of aliphatic carboxylic acids is 1. The van der Waals surface area contributed by atoms with Gasteiger partial charge in [0.1, 0.15) is 23.9 Å². The number of aromatic nitrogens is 2. The predicted octanol–water partition coefficient (Wildman–Crippen LogP) is 3.43. The first-order valence-corrected chi connectivity index (χ1v) is 12.0. The van der Waals surface area contributed by atoms with Gasteiger partial charge in [0.15, 0.2) is 5.69 Å². The summed E-state index contributed by atoms with van der Waals surface area (Å²) in [5, 5.41) is 18.5. The summed E-state index contributed by atoms with van der Waals surface area (Å²) in [5.41, 5.74) is 1.56. The molecule has 0 spiro atoms. The third-order valence-corrected chi connectivity index (χ3v) is 5.66. The largest absolute Gasteiger partial charge is 0.496 e. The third kappa shape index (κ3) is 7.09. The van der Waals surface area contributed by atoms with Crippen LogP contribution in [0.4, 0.5) is 4.39 Å². The van der Waals surface area contributed by atoms with Crippen LogP contribution in [-0.2, 0) is 9.59 Å². The lowest BCUT2D eigenvalue weighted by Gasteiger charge is -2.19. The molecule has 0 aliphatic carbocycles. The van der Waals surface area contributed by atoms with Gasteiger partial charge >= 0.3 is 5.97 Å². The molecule has 0 saturated heterocycles. The maximum absolute atomic E-state index is 13.6. The minimum Gasteiger partial charge on any atom is -0.496 e. The number of carbonyl (C=O) groups excluding carboxylic acids is 2. The van der Waals surface area contributed by atoms with E-state index in [1.807, 2.05) is 13.8 Å². The zero-order chi connectivity index (χ0) is 27.8. The summed E-state index contributed by atoms with van der Waals surface area (Å²) >= 11 is 0. The number of benzene rings is 2. The van der Waals surface area contributed by atoms with Gasteiger partial charge in [-0.05, 0) is 54.8 Å². The predicted molar refractivity (Wildman–Crippen MR) is 138 cm³/mol. The minimum atomic E-state index is -1.16. The quantitative estimate of drug-likeness (QED) is 0.329. The molecule has 1 heterocycles. The van der Waals surface area contributed by atoms with E-state index in [9.17, 15) is 18.8 Å². The molecule has 3 rings (SSSR count). The van der Waals surface area contributed by atoms with Crippen molar-refractivity contribution in [3.05, 3.63) is 60.0 Å². The Morgan fingerprint density at radius 1 is 1.05 bits per heavy atom. The number of methoxy groups -OCH3 is 2. The van der Waals surface area contributed by atoms with Gasteiger partial charge in [0.2, 0.25) is 5.91 Å². The van der Waals surface area contributed by atoms with Crippen LogP contribution >= 0.6 is 0 Å². The summed E-state index contributed by atoms with van der Waals surface area (Å²) < 4.78 is 26.2. The Balaban J connectivity index is 2.01. The van der Waals surface area contributed by atoms with E-state index >= 15 is 0 Å². The van der Waals surface area contributed by atoms with Crippen LogP contribution in [0.2, 0.25) is 0 Å². The first kappa shape index (κ1) is 28.2. The molecule has 0 fully saturated rings. The Morgan fingerprint density at radius 3 is 2.24 bits per heavy atom. The van der Waals surface area contributed by atoms with Gasteiger partial charge in [0, 0.05) is 12.5 Å². The Labute approximate surface area is 219 Å². The van der Waals surface area contributed by atoms with Crippen LogP contribution in [0.1, 0.15) is 37.2 Å². The van der Waals surface area contributed by atoms with Gasteiger partial charge in [0.05, 0.1) is 31.2 Å². The molecule has 3 aromatic rings. The Hall–Kier alpha value is -4.41. The van der Waals surface area contributed by atoms with Crippen LogP contribution in [0.25, 0.3) is 16.9 Å². The topological polar surface area (TPSA) is 132 Å². The van der Waals surface area contributed by atoms with Gasteiger partial charge in [-0.1, -0.05) is 19.9 Å². The van der Waals surface area contributed by atoms with Crippen LogP contribution in [0.5, 0.6) is 11.5 Å². The van der Waals surface area contributed by atoms with Crippen LogP contribution < -0.4 is 20.1 Å². The Morgan fingerprint density at radius 2 is 1.68 bits per heavy atom. The van der Waals surface area contributed by atoms with Gasteiger partial charge < -0.3 is 25.2 Å². The summed E-state index contributed by atoms with van der Waals surface area (Å²) in [5.74, 6) is -1.49. The number of halogens is 1. The van der Waals surface area contributed by atoms with E-state index in [2.05, 4.69) is 15.7 Å². The molecule has 11 heteroatoms. The number of hydrogen-bond acceptors (Lipinski definition) is 6. The van der Waals surface area contributed by atoms with Crippen molar-refractivity contribution >= 4 is 17.8 Å². The number of ether oxygens (including phenoxy) is 2. The van der Waals surface area contributed by atoms with Crippen molar-refractivity contribution in [2.24, 2.45) is 5.92 Å². The van der Waals surface area contributed by atoms with E-state index in [4.69, 9.17) is 14.6 Å². The number of rotatable bonds is 12. The van der Waals surface area contributed by atoms with Gasteiger partial charge in [0.25, 0.3) is 5.91 Å². The van der Waals surface area contributed by atoms with Crippen LogP contribution in [0.15, 0.2) is 48.5 Å². The summed E-state index contributed by atoms with van der Waals surface area (Å²) in [6.07, 6.45) is 0.390. The fourth-order valence-corrected chi connectivity index (χ4v) is 4.04. The lowest BCUT2D eigenvalue weighted by Crippen LogP contribution is -2.41. The fourth-order valence-electron chi connectivity index (χ4n) is 4.04. The third-order valence-electron chi connectivity index (χ3n) is 5.66. The minimum absolute atomic E-state index is 0.0528. The van der Waals surface area contributed by atoms with Crippen LogP contribution in [-0.4, -0.2) is 59.5 Å². The zero-order valence-corrected chi connectivity index (χ0v) is 21.7. The molecule has 0 aliphatic heterocycles. The number of carboxylic acids is 1. The molecule has 0 saturated carbocycles. The van der Waals surface area contributed by atoms with E-state index in [0.717, 1.165) is 0 Å². The lowest BCUT2D eigenvalue weighted by atomic mass is 10.0. The molecule has 1 aromatic heterocycles. The molecule has 0 aliphatic rings. The summed E-state index contributed by atoms with van der Waals surface area (Å²) in [6, 6.07) is 11.9. The number of carboxylic acid groups (broad SMARTS) is 1. The summed E-state index contributed by atoms with van der Waals surface area (Å²) in [7, 11) is 3.02. The molecule has 1 unspecified atom stereocenters. The van der Waals surface area contributed by atoms with Crippen molar-refractivity contribution in [2.45, 2.75) is 32.7 Å². The van der Waals surface area contributed by atoms with E-state index in [0.29, 0.717) is 34.9 Å². The van der Waals surface area contributed by atoms with Crippen molar-refractivity contribution in [1.29, 1.82) is 0 Å². The second-order valence-electron chi connectivity index (χ2n) is 9.02. The molecular formula is C27H31FN4O6. The van der Waals surface area contributed by atoms with Gasteiger partial charge in [-0.15, -0.1) is 0 Å².